The summed E-state index contributed by atoms with van der Waals surface area (Å²) in [4.78, 5) is 7.06. The standard InChI is InChI=1S/C16H32N4/c1-14-7-2-4-11-20(14)12-5-3-10-18-16(17)19-13-15-8-6-9-15/h14-15H,2-13H2,1H3,(H3,17,18,19). The second-order valence-corrected chi connectivity index (χ2v) is 6.54. The lowest BCUT2D eigenvalue weighted by molar-refractivity contribution is 0.158. The van der Waals surface area contributed by atoms with Crippen LogP contribution in [0.1, 0.15) is 58.3 Å². The number of hydrogen-bond acceptors (Lipinski definition) is 2. The van der Waals surface area contributed by atoms with Gasteiger partial charge in [0.15, 0.2) is 5.96 Å². The Morgan fingerprint density at radius 2 is 2.05 bits per heavy atom. The number of nitrogens with one attached hydrogen (secondary N) is 1. The summed E-state index contributed by atoms with van der Waals surface area (Å²) < 4.78 is 0. The van der Waals surface area contributed by atoms with E-state index in [4.69, 9.17) is 5.73 Å². The van der Waals surface area contributed by atoms with Gasteiger partial charge in [0, 0.05) is 19.1 Å². The number of piperidine rings is 1. The van der Waals surface area contributed by atoms with E-state index in [1.165, 1.54) is 64.5 Å². The molecule has 116 valence electrons. The second kappa shape index (κ2) is 8.50. The first kappa shape index (κ1) is 15.6. The van der Waals surface area contributed by atoms with Gasteiger partial charge in [0.1, 0.15) is 0 Å². The molecule has 2 fully saturated rings. The smallest absolute Gasteiger partial charge is 0.188 e. The van der Waals surface area contributed by atoms with Crippen LogP contribution >= 0.6 is 0 Å². The maximum absolute atomic E-state index is 5.88. The van der Waals surface area contributed by atoms with Gasteiger partial charge < -0.3 is 16.0 Å². The molecule has 1 aliphatic heterocycles. The lowest BCUT2D eigenvalue weighted by Crippen LogP contribution is -2.38. The third kappa shape index (κ3) is 5.31. The first-order chi connectivity index (χ1) is 9.75. The van der Waals surface area contributed by atoms with E-state index in [1.54, 1.807) is 0 Å². The maximum Gasteiger partial charge on any atom is 0.188 e. The molecule has 1 heterocycles. The molecule has 2 aliphatic rings. The zero-order chi connectivity index (χ0) is 14.2. The predicted octanol–water partition coefficient (Wildman–Crippen LogP) is 2.35. The molecule has 1 atom stereocenters. The van der Waals surface area contributed by atoms with Crippen LogP contribution in [0.4, 0.5) is 0 Å². The van der Waals surface area contributed by atoms with E-state index in [1.807, 2.05) is 0 Å². The highest BCUT2D eigenvalue weighted by molar-refractivity contribution is 5.77. The summed E-state index contributed by atoms with van der Waals surface area (Å²) in [7, 11) is 0. The third-order valence-electron chi connectivity index (χ3n) is 4.86. The Balaban J connectivity index is 1.48. The van der Waals surface area contributed by atoms with E-state index in [0.717, 1.165) is 25.0 Å². The van der Waals surface area contributed by atoms with E-state index >= 15 is 0 Å². The summed E-state index contributed by atoms with van der Waals surface area (Å²) in [6.07, 6.45) is 10.7. The van der Waals surface area contributed by atoms with Gasteiger partial charge in [-0.25, -0.2) is 0 Å². The van der Waals surface area contributed by atoms with Crippen molar-refractivity contribution in [3.63, 3.8) is 0 Å². The van der Waals surface area contributed by atoms with Crippen LogP contribution in [0.15, 0.2) is 4.99 Å². The molecular formula is C16H32N4. The fourth-order valence-electron chi connectivity index (χ4n) is 3.10. The largest absolute Gasteiger partial charge is 0.370 e. The number of hydrogen-bond donors (Lipinski definition) is 2. The number of rotatable bonds is 7. The zero-order valence-corrected chi connectivity index (χ0v) is 13.1. The Morgan fingerprint density at radius 3 is 2.75 bits per heavy atom. The van der Waals surface area contributed by atoms with Crippen LogP contribution in [0.3, 0.4) is 0 Å². The highest BCUT2D eigenvalue weighted by Gasteiger charge is 2.17. The topological polar surface area (TPSA) is 53.6 Å². The molecule has 0 aromatic carbocycles. The average molecular weight is 280 g/mol. The summed E-state index contributed by atoms with van der Waals surface area (Å²) >= 11 is 0. The van der Waals surface area contributed by atoms with Crippen molar-refractivity contribution in [3.8, 4) is 0 Å². The van der Waals surface area contributed by atoms with Gasteiger partial charge >= 0.3 is 0 Å². The van der Waals surface area contributed by atoms with Gasteiger partial charge in [-0.2, -0.15) is 0 Å². The molecule has 20 heavy (non-hydrogen) atoms. The summed E-state index contributed by atoms with van der Waals surface area (Å²) in [5, 5.41) is 3.24. The molecule has 3 N–H and O–H groups in total. The van der Waals surface area contributed by atoms with Crippen molar-refractivity contribution in [2.45, 2.75) is 64.3 Å². The Morgan fingerprint density at radius 1 is 1.20 bits per heavy atom. The SMILES string of the molecule is CC1CCCCN1CCCCNC(N)=NCC1CCC1. The first-order valence-corrected chi connectivity index (χ1v) is 8.53. The molecule has 1 saturated heterocycles. The van der Waals surface area contributed by atoms with E-state index < -0.39 is 0 Å². The third-order valence-corrected chi connectivity index (χ3v) is 4.86. The minimum Gasteiger partial charge on any atom is -0.370 e. The van der Waals surface area contributed by atoms with Gasteiger partial charge in [0.2, 0.25) is 0 Å². The molecule has 1 aliphatic carbocycles. The van der Waals surface area contributed by atoms with Crippen LogP contribution in [0.2, 0.25) is 0 Å². The molecular weight excluding hydrogens is 248 g/mol. The van der Waals surface area contributed by atoms with E-state index in [-0.39, 0.29) is 0 Å². The molecule has 0 radical (unpaired) electrons. The summed E-state index contributed by atoms with van der Waals surface area (Å²) in [6.45, 7) is 6.77. The van der Waals surface area contributed by atoms with Gasteiger partial charge in [-0.1, -0.05) is 12.8 Å². The van der Waals surface area contributed by atoms with Crippen LogP contribution in [0.5, 0.6) is 0 Å². The number of guanidine groups is 1. The fourth-order valence-corrected chi connectivity index (χ4v) is 3.10. The van der Waals surface area contributed by atoms with Crippen molar-refractivity contribution in [2.24, 2.45) is 16.6 Å². The van der Waals surface area contributed by atoms with E-state index in [2.05, 4.69) is 22.1 Å². The number of likely N-dealkylation sites (tertiary alicyclic amines) is 1. The molecule has 0 spiro atoms. The Kier molecular flexibility index (Phi) is 6.64. The van der Waals surface area contributed by atoms with Crippen molar-refractivity contribution in [1.29, 1.82) is 0 Å². The summed E-state index contributed by atoms with van der Waals surface area (Å²) in [5.41, 5.74) is 5.88. The van der Waals surface area contributed by atoms with Crippen molar-refractivity contribution in [1.82, 2.24) is 10.2 Å². The second-order valence-electron chi connectivity index (χ2n) is 6.54. The highest BCUT2D eigenvalue weighted by Crippen LogP contribution is 2.26. The molecule has 0 aromatic rings. The van der Waals surface area contributed by atoms with Crippen molar-refractivity contribution in [3.05, 3.63) is 0 Å². The number of unbranched alkanes of at least 4 members (excludes halogenated alkanes) is 1. The molecule has 4 nitrogen and oxygen atoms in total. The molecule has 4 heteroatoms. The Hall–Kier alpha value is -0.770. The van der Waals surface area contributed by atoms with Crippen LogP contribution in [-0.4, -0.2) is 43.1 Å². The Labute approximate surface area is 124 Å². The van der Waals surface area contributed by atoms with Crippen LogP contribution < -0.4 is 11.1 Å². The maximum atomic E-state index is 5.88. The van der Waals surface area contributed by atoms with Crippen LogP contribution in [0, 0.1) is 5.92 Å². The Bertz CT molecular complexity index is 299. The average Bonchev–Trinajstić information content (AvgIpc) is 2.38. The molecule has 1 saturated carbocycles. The van der Waals surface area contributed by atoms with Crippen molar-refractivity contribution < 1.29 is 0 Å². The molecule has 0 aromatic heterocycles. The monoisotopic (exact) mass is 280 g/mol. The minimum atomic E-state index is 0.642. The normalized spacial score (nSPS) is 25.4. The lowest BCUT2D eigenvalue weighted by atomic mass is 9.86. The number of aliphatic imine (C=N–C) groups is 1. The lowest BCUT2D eigenvalue weighted by Gasteiger charge is -2.33. The van der Waals surface area contributed by atoms with Crippen LogP contribution in [-0.2, 0) is 0 Å². The molecule has 2 rings (SSSR count). The van der Waals surface area contributed by atoms with Gasteiger partial charge in [-0.05, 0) is 64.5 Å². The van der Waals surface area contributed by atoms with E-state index in [9.17, 15) is 0 Å². The van der Waals surface area contributed by atoms with Gasteiger partial charge in [0.05, 0.1) is 0 Å². The molecule has 0 amide bonds. The highest BCUT2D eigenvalue weighted by atomic mass is 15.2. The fraction of sp³-hybridized carbons (Fsp3) is 0.938. The number of nitrogens with zero attached hydrogens (tertiary/aromatic N) is 2. The van der Waals surface area contributed by atoms with Gasteiger partial charge in [-0.15, -0.1) is 0 Å². The quantitative estimate of drug-likeness (QED) is 0.427. The first-order valence-electron chi connectivity index (χ1n) is 8.53. The van der Waals surface area contributed by atoms with Gasteiger partial charge in [-0.3, -0.25) is 4.99 Å². The van der Waals surface area contributed by atoms with Gasteiger partial charge in [0.25, 0.3) is 0 Å². The van der Waals surface area contributed by atoms with E-state index in [0.29, 0.717) is 5.96 Å². The minimum absolute atomic E-state index is 0.642. The van der Waals surface area contributed by atoms with Crippen LogP contribution in [0.25, 0.3) is 0 Å². The predicted molar refractivity (Wildman–Crippen MR) is 86.0 cm³/mol. The summed E-state index contributed by atoms with van der Waals surface area (Å²) in [5.74, 6) is 1.44. The molecule has 0 bridgehead atoms. The number of nitrogens with two attached hydrogens (primary N) is 1. The zero-order valence-electron chi connectivity index (χ0n) is 13.1. The van der Waals surface area contributed by atoms with Crippen molar-refractivity contribution in [2.75, 3.05) is 26.2 Å². The summed E-state index contributed by atoms with van der Waals surface area (Å²) in [6, 6.07) is 0.783. The molecule has 1 unspecified atom stereocenters. The van der Waals surface area contributed by atoms with Crippen molar-refractivity contribution >= 4 is 5.96 Å².